The minimum atomic E-state index is 0.160. The molecule has 0 amide bonds. The van der Waals surface area contributed by atoms with Gasteiger partial charge in [0.25, 0.3) is 0 Å². The number of hydrogen-bond acceptors (Lipinski definition) is 3. The average molecular weight is 328 g/mol. The van der Waals surface area contributed by atoms with Gasteiger partial charge in [0.2, 0.25) is 0 Å². The fraction of sp³-hybridized carbons (Fsp3) is 0.136. The van der Waals surface area contributed by atoms with Crippen LogP contribution >= 0.6 is 0 Å². The Morgan fingerprint density at radius 1 is 0.880 bits per heavy atom. The largest absolute Gasteiger partial charge is 0.497 e. The molecular weight excluding hydrogens is 308 g/mol. The predicted octanol–water partition coefficient (Wildman–Crippen LogP) is 5.05. The van der Waals surface area contributed by atoms with Crippen molar-refractivity contribution in [3.63, 3.8) is 0 Å². The molecule has 0 radical (unpaired) electrons. The quantitative estimate of drug-likeness (QED) is 0.669. The summed E-state index contributed by atoms with van der Waals surface area (Å²) in [6.07, 6.45) is 0.867. The Labute approximate surface area is 148 Å². The molecule has 0 N–H and O–H groups in total. The molecule has 3 nitrogen and oxygen atoms in total. The zero-order chi connectivity index (χ0) is 17.1. The maximum absolute atomic E-state index is 5.41. The fourth-order valence-electron chi connectivity index (χ4n) is 3.24. The number of rotatable bonds is 4. The van der Waals surface area contributed by atoms with Gasteiger partial charge < -0.3 is 4.74 Å². The van der Waals surface area contributed by atoms with Crippen LogP contribution in [0.5, 0.6) is 5.75 Å². The average Bonchev–Trinajstić information content (AvgIpc) is 3.15. The van der Waals surface area contributed by atoms with Gasteiger partial charge in [0.05, 0.1) is 24.6 Å². The van der Waals surface area contributed by atoms with Crippen LogP contribution in [0, 0.1) is 0 Å². The van der Waals surface area contributed by atoms with Gasteiger partial charge in [0, 0.05) is 6.42 Å². The summed E-state index contributed by atoms with van der Waals surface area (Å²) in [6, 6.07) is 29.2. The van der Waals surface area contributed by atoms with E-state index in [2.05, 4.69) is 53.5 Å². The summed E-state index contributed by atoms with van der Waals surface area (Å²) in [4.78, 5) is 0. The molecule has 25 heavy (non-hydrogen) atoms. The van der Waals surface area contributed by atoms with Gasteiger partial charge in [-0.3, -0.25) is 5.01 Å². The van der Waals surface area contributed by atoms with Gasteiger partial charge in [0.1, 0.15) is 5.75 Å². The molecule has 124 valence electrons. The number of ether oxygens (including phenoxy) is 1. The van der Waals surface area contributed by atoms with Gasteiger partial charge >= 0.3 is 0 Å². The Hall–Kier alpha value is -3.07. The molecule has 0 saturated heterocycles. The van der Waals surface area contributed by atoms with Crippen LogP contribution < -0.4 is 9.75 Å². The van der Waals surface area contributed by atoms with E-state index in [9.17, 15) is 0 Å². The van der Waals surface area contributed by atoms with Gasteiger partial charge in [-0.25, -0.2) is 0 Å². The number of anilines is 1. The van der Waals surface area contributed by atoms with Crippen LogP contribution in [0.1, 0.15) is 23.6 Å². The SMILES string of the molecule is COc1cccc([C@H]2CC(c3ccccc3)=NN2c2ccccc2)c1. The summed E-state index contributed by atoms with van der Waals surface area (Å²) in [5, 5.41) is 7.07. The van der Waals surface area contributed by atoms with E-state index in [0.717, 1.165) is 23.6 Å². The Morgan fingerprint density at radius 3 is 2.32 bits per heavy atom. The van der Waals surface area contributed by atoms with Crippen molar-refractivity contribution < 1.29 is 4.74 Å². The molecule has 1 aliphatic rings. The van der Waals surface area contributed by atoms with Crippen LogP contribution in [0.3, 0.4) is 0 Å². The Bertz CT molecular complexity index is 875. The lowest BCUT2D eigenvalue weighted by Crippen LogP contribution is -2.18. The number of para-hydroxylation sites is 1. The van der Waals surface area contributed by atoms with Crippen LogP contribution in [0.25, 0.3) is 0 Å². The van der Waals surface area contributed by atoms with E-state index >= 15 is 0 Å². The second-order valence-electron chi connectivity index (χ2n) is 6.09. The van der Waals surface area contributed by atoms with E-state index in [4.69, 9.17) is 9.84 Å². The second-order valence-corrected chi connectivity index (χ2v) is 6.09. The maximum Gasteiger partial charge on any atom is 0.119 e. The fourth-order valence-corrected chi connectivity index (χ4v) is 3.24. The molecule has 4 rings (SSSR count). The molecule has 0 saturated carbocycles. The molecule has 3 aromatic rings. The van der Waals surface area contributed by atoms with Crippen molar-refractivity contribution in [3.8, 4) is 5.75 Å². The van der Waals surface area contributed by atoms with Crippen molar-refractivity contribution in [1.29, 1.82) is 0 Å². The van der Waals surface area contributed by atoms with E-state index in [1.165, 1.54) is 11.1 Å². The maximum atomic E-state index is 5.41. The van der Waals surface area contributed by atoms with Crippen LogP contribution in [0.15, 0.2) is 90.0 Å². The molecule has 3 heteroatoms. The molecular formula is C22H20N2O. The highest BCUT2D eigenvalue weighted by molar-refractivity contribution is 6.03. The first-order valence-electron chi connectivity index (χ1n) is 8.46. The third-order valence-electron chi connectivity index (χ3n) is 4.52. The number of hydrogen-bond donors (Lipinski definition) is 0. The molecule has 0 aliphatic carbocycles. The molecule has 0 spiro atoms. The lowest BCUT2D eigenvalue weighted by atomic mass is 9.98. The molecule has 0 unspecified atom stereocenters. The third kappa shape index (κ3) is 3.13. The van der Waals surface area contributed by atoms with Crippen molar-refractivity contribution >= 4 is 11.4 Å². The molecule has 0 bridgehead atoms. The number of methoxy groups -OCH3 is 1. The molecule has 1 heterocycles. The third-order valence-corrected chi connectivity index (χ3v) is 4.52. The Kier molecular flexibility index (Phi) is 4.21. The number of hydrazone groups is 1. The van der Waals surface area contributed by atoms with Crippen molar-refractivity contribution in [3.05, 3.63) is 96.1 Å². The van der Waals surface area contributed by atoms with Crippen LogP contribution in [-0.4, -0.2) is 12.8 Å². The Balaban J connectivity index is 1.75. The lowest BCUT2D eigenvalue weighted by Gasteiger charge is -2.24. The van der Waals surface area contributed by atoms with Crippen molar-refractivity contribution in [2.24, 2.45) is 5.10 Å². The first-order valence-corrected chi connectivity index (χ1v) is 8.46. The highest BCUT2D eigenvalue weighted by Crippen LogP contribution is 2.37. The van der Waals surface area contributed by atoms with E-state index in [-0.39, 0.29) is 6.04 Å². The van der Waals surface area contributed by atoms with Gasteiger partial charge in [-0.15, -0.1) is 0 Å². The predicted molar refractivity (Wildman–Crippen MR) is 102 cm³/mol. The van der Waals surface area contributed by atoms with Crippen LogP contribution in [0.4, 0.5) is 5.69 Å². The topological polar surface area (TPSA) is 24.8 Å². The van der Waals surface area contributed by atoms with E-state index in [1.54, 1.807) is 7.11 Å². The second kappa shape index (κ2) is 6.81. The summed E-state index contributed by atoms with van der Waals surface area (Å²) >= 11 is 0. The molecule has 1 atom stereocenters. The monoisotopic (exact) mass is 328 g/mol. The van der Waals surface area contributed by atoms with Crippen molar-refractivity contribution in [2.75, 3.05) is 12.1 Å². The van der Waals surface area contributed by atoms with Crippen molar-refractivity contribution in [2.45, 2.75) is 12.5 Å². The first-order chi connectivity index (χ1) is 12.3. The number of nitrogens with zero attached hydrogens (tertiary/aromatic N) is 2. The lowest BCUT2D eigenvalue weighted by molar-refractivity contribution is 0.414. The smallest absolute Gasteiger partial charge is 0.119 e. The van der Waals surface area contributed by atoms with Crippen LogP contribution in [0.2, 0.25) is 0 Å². The molecule has 0 fully saturated rings. The van der Waals surface area contributed by atoms with Crippen molar-refractivity contribution in [1.82, 2.24) is 0 Å². The molecule has 0 aromatic heterocycles. The summed E-state index contributed by atoms with van der Waals surface area (Å²) in [7, 11) is 1.70. The van der Waals surface area contributed by atoms with Gasteiger partial charge in [0.15, 0.2) is 0 Å². The van der Waals surface area contributed by atoms with Crippen LogP contribution in [-0.2, 0) is 0 Å². The molecule has 3 aromatic carbocycles. The zero-order valence-electron chi connectivity index (χ0n) is 14.2. The summed E-state index contributed by atoms with van der Waals surface area (Å²) in [5.74, 6) is 0.874. The zero-order valence-corrected chi connectivity index (χ0v) is 14.2. The normalized spacial score (nSPS) is 16.6. The van der Waals surface area contributed by atoms with E-state index < -0.39 is 0 Å². The molecule has 1 aliphatic heterocycles. The number of benzene rings is 3. The van der Waals surface area contributed by atoms with E-state index in [0.29, 0.717) is 0 Å². The van der Waals surface area contributed by atoms with Gasteiger partial charge in [-0.2, -0.15) is 5.10 Å². The highest BCUT2D eigenvalue weighted by atomic mass is 16.5. The Morgan fingerprint density at radius 2 is 1.60 bits per heavy atom. The summed E-state index contributed by atoms with van der Waals surface area (Å²) in [6.45, 7) is 0. The van der Waals surface area contributed by atoms with E-state index in [1.807, 2.05) is 36.4 Å². The minimum absolute atomic E-state index is 0.160. The minimum Gasteiger partial charge on any atom is -0.497 e. The standard InChI is InChI=1S/C22H20N2O/c1-25-20-14-8-11-18(15-20)22-16-21(17-9-4-2-5-10-17)23-24(22)19-12-6-3-7-13-19/h2-15,22H,16H2,1H3/t22-/m1/s1. The summed E-state index contributed by atoms with van der Waals surface area (Å²) in [5.41, 5.74) is 4.59. The first kappa shape index (κ1) is 15.5. The van der Waals surface area contributed by atoms with Gasteiger partial charge in [-0.1, -0.05) is 60.7 Å². The highest BCUT2D eigenvalue weighted by Gasteiger charge is 2.29. The van der Waals surface area contributed by atoms with Gasteiger partial charge in [-0.05, 0) is 35.4 Å². The summed E-state index contributed by atoms with van der Waals surface area (Å²) < 4.78 is 5.41.